The third kappa shape index (κ3) is 2.58. The van der Waals surface area contributed by atoms with Crippen LogP contribution in [-0.4, -0.2) is 35.8 Å². The molecule has 1 aromatic rings. The number of ketones is 1. The van der Waals surface area contributed by atoms with E-state index in [0.29, 0.717) is 12.0 Å². The van der Waals surface area contributed by atoms with Gasteiger partial charge in [0.15, 0.2) is 5.78 Å². The van der Waals surface area contributed by atoms with Gasteiger partial charge in [0, 0.05) is 12.6 Å². The van der Waals surface area contributed by atoms with Crippen LogP contribution in [0.5, 0.6) is 5.75 Å². The summed E-state index contributed by atoms with van der Waals surface area (Å²) in [6, 6.07) is 6.05. The number of phenols is 1. The number of carbonyl (C=O) groups is 2. The average molecular weight is 193 g/mol. The number of likely N-dealkylation sites (N-methyl/N-ethyl adjacent to an activating group) is 1. The summed E-state index contributed by atoms with van der Waals surface area (Å²) in [5.74, 6) is -0.153. The quantitative estimate of drug-likeness (QED) is 0.564. The van der Waals surface area contributed by atoms with Gasteiger partial charge in [-0.25, -0.2) is 0 Å². The topological polar surface area (TPSA) is 57.6 Å². The van der Waals surface area contributed by atoms with E-state index in [9.17, 15) is 9.59 Å². The molecule has 14 heavy (non-hydrogen) atoms. The highest BCUT2D eigenvalue weighted by atomic mass is 16.3. The summed E-state index contributed by atoms with van der Waals surface area (Å²) in [6.07, 6.45) is 0.584. The normalized spacial score (nSPS) is 9.50. The second-order valence-electron chi connectivity index (χ2n) is 2.99. The van der Waals surface area contributed by atoms with Crippen molar-refractivity contribution in [2.45, 2.75) is 0 Å². The predicted octanol–water partition coefficient (Wildman–Crippen LogP) is 0.663. The van der Waals surface area contributed by atoms with Gasteiger partial charge in [-0.2, -0.15) is 0 Å². The number of benzene rings is 1. The van der Waals surface area contributed by atoms with Crippen molar-refractivity contribution in [2.75, 3.05) is 13.6 Å². The van der Waals surface area contributed by atoms with Crippen LogP contribution in [0.3, 0.4) is 0 Å². The van der Waals surface area contributed by atoms with Crippen molar-refractivity contribution in [3.63, 3.8) is 0 Å². The minimum Gasteiger partial charge on any atom is -0.508 e. The summed E-state index contributed by atoms with van der Waals surface area (Å²) in [7, 11) is 1.52. The second kappa shape index (κ2) is 4.41. The third-order valence-electron chi connectivity index (χ3n) is 1.74. The standard InChI is InChI=1S/C10H11NO3/c1-11(7-12)6-10(14)8-3-2-4-9(13)5-8/h2-5,7,13H,6H2,1H3. The molecule has 0 aliphatic rings. The molecule has 74 valence electrons. The number of phenolic OH excluding ortho intramolecular Hbond substituents is 1. The SMILES string of the molecule is CN(C=O)CC(=O)c1cccc(O)c1. The van der Waals surface area contributed by atoms with Crippen LogP contribution in [0.4, 0.5) is 0 Å². The summed E-state index contributed by atoms with van der Waals surface area (Å²) in [5, 5.41) is 9.12. The molecule has 0 unspecified atom stereocenters. The summed E-state index contributed by atoms with van der Waals surface area (Å²) in [5.41, 5.74) is 0.402. The fourth-order valence-corrected chi connectivity index (χ4v) is 1.03. The Bertz CT molecular complexity index is 349. The summed E-state index contributed by atoms with van der Waals surface area (Å²) < 4.78 is 0. The first-order valence-corrected chi connectivity index (χ1v) is 4.11. The number of nitrogens with zero attached hydrogens (tertiary/aromatic N) is 1. The van der Waals surface area contributed by atoms with E-state index in [1.807, 2.05) is 0 Å². The van der Waals surface area contributed by atoms with Crippen molar-refractivity contribution in [3.05, 3.63) is 29.8 Å². The first-order chi connectivity index (χ1) is 6.63. The lowest BCUT2D eigenvalue weighted by molar-refractivity contribution is -0.116. The lowest BCUT2D eigenvalue weighted by atomic mass is 10.1. The van der Waals surface area contributed by atoms with E-state index < -0.39 is 0 Å². The number of rotatable bonds is 4. The molecular weight excluding hydrogens is 182 g/mol. The van der Waals surface area contributed by atoms with Gasteiger partial charge < -0.3 is 10.0 Å². The van der Waals surface area contributed by atoms with E-state index in [1.165, 1.54) is 24.1 Å². The van der Waals surface area contributed by atoms with Gasteiger partial charge in [0.05, 0.1) is 6.54 Å². The molecule has 0 aliphatic carbocycles. The van der Waals surface area contributed by atoms with Gasteiger partial charge in [0.2, 0.25) is 6.41 Å². The molecule has 0 saturated carbocycles. The highest BCUT2D eigenvalue weighted by Crippen LogP contribution is 2.11. The highest BCUT2D eigenvalue weighted by Gasteiger charge is 2.08. The molecule has 0 aromatic heterocycles. The Balaban J connectivity index is 2.74. The first-order valence-electron chi connectivity index (χ1n) is 4.11. The van der Waals surface area contributed by atoms with Gasteiger partial charge in [0.1, 0.15) is 5.75 Å². The molecule has 0 saturated heterocycles. The fraction of sp³-hybridized carbons (Fsp3) is 0.200. The maximum atomic E-state index is 11.5. The Hall–Kier alpha value is -1.84. The molecule has 1 rings (SSSR count). The minimum atomic E-state index is -0.199. The zero-order valence-corrected chi connectivity index (χ0v) is 7.80. The molecule has 4 nitrogen and oxygen atoms in total. The molecule has 0 atom stereocenters. The molecule has 4 heteroatoms. The van der Waals surface area contributed by atoms with Crippen LogP contribution in [-0.2, 0) is 4.79 Å². The lowest BCUT2D eigenvalue weighted by Crippen LogP contribution is -2.24. The molecule has 1 aromatic carbocycles. The van der Waals surface area contributed by atoms with Crippen molar-refractivity contribution in [2.24, 2.45) is 0 Å². The molecule has 0 radical (unpaired) electrons. The predicted molar refractivity (Wildman–Crippen MR) is 51.1 cm³/mol. The van der Waals surface area contributed by atoms with E-state index in [4.69, 9.17) is 5.11 Å². The Morgan fingerprint density at radius 1 is 1.57 bits per heavy atom. The molecule has 0 bridgehead atoms. The number of hydrogen-bond donors (Lipinski definition) is 1. The van der Waals surface area contributed by atoms with E-state index in [2.05, 4.69) is 0 Å². The lowest BCUT2D eigenvalue weighted by Gasteiger charge is -2.08. The third-order valence-corrected chi connectivity index (χ3v) is 1.74. The number of amides is 1. The Labute approximate surface area is 81.8 Å². The van der Waals surface area contributed by atoms with Gasteiger partial charge in [-0.15, -0.1) is 0 Å². The fourth-order valence-electron chi connectivity index (χ4n) is 1.03. The van der Waals surface area contributed by atoms with Gasteiger partial charge in [0.25, 0.3) is 0 Å². The molecule has 0 heterocycles. The van der Waals surface area contributed by atoms with Crippen molar-refractivity contribution in [1.29, 1.82) is 0 Å². The van der Waals surface area contributed by atoms with Crippen LogP contribution < -0.4 is 0 Å². The van der Waals surface area contributed by atoms with E-state index in [0.717, 1.165) is 0 Å². The highest BCUT2D eigenvalue weighted by molar-refractivity contribution is 5.98. The van der Waals surface area contributed by atoms with Crippen molar-refractivity contribution in [3.8, 4) is 5.75 Å². The molecule has 1 amide bonds. The Kier molecular flexibility index (Phi) is 3.23. The Morgan fingerprint density at radius 3 is 2.86 bits per heavy atom. The molecule has 1 N–H and O–H groups in total. The average Bonchev–Trinajstić information content (AvgIpc) is 2.17. The van der Waals surface area contributed by atoms with E-state index in [1.54, 1.807) is 12.1 Å². The van der Waals surface area contributed by atoms with Crippen molar-refractivity contribution in [1.82, 2.24) is 4.90 Å². The van der Waals surface area contributed by atoms with Crippen LogP contribution in [0.25, 0.3) is 0 Å². The second-order valence-corrected chi connectivity index (χ2v) is 2.99. The zero-order valence-electron chi connectivity index (χ0n) is 7.80. The van der Waals surface area contributed by atoms with Crippen molar-refractivity contribution >= 4 is 12.2 Å². The van der Waals surface area contributed by atoms with Gasteiger partial charge in [-0.3, -0.25) is 9.59 Å². The monoisotopic (exact) mass is 193 g/mol. The molecule has 0 spiro atoms. The van der Waals surface area contributed by atoms with Gasteiger partial charge >= 0.3 is 0 Å². The first kappa shape index (κ1) is 10.2. The summed E-state index contributed by atoms with van der Waals surface area (Å²) in [6.45, 7) is 0.0208. The van der Waals surface area contributed by atoms with Gasteiger partial charge in [-0.05, 0) is 12.1 Å². The molecule has 0 aliphatic heterocycles. The number of aromatic hydroxyl groups is 1. The number of Topliss-reactive ketones (excluding diaryl/α,β-unsaturated/α-hetero) is 1. The maximum Gasteiger partial charge on any atom is 0.209 e. The smallest absolute Gasteiger partial charge is 0.209 e. The maximum absolute atomic E-state index is 11.5. The Morgan fingerprint density at radius 2 is 2.29 bits per heavy atom. The van der Waals surface area contributed by atoms with Crippen LogP contribution in [0.2, 0.25) is 0 Å². The molecule has 0 fully saturated rings. The van der Waals surface area contributed by atoms with E-state index >= 15 is 0 Å². The molecular formula is C10H11NO3. The van der Waals surface area contributed by atoms with Gasteiger partial charge in [-0.1, -0.05) is 12.1 Å². The van der Waals surface area contributed by atoms with Crippen LogP contribution in [0.15, 0.2) is 24.3 Å². The van der Waals surface area contributed by atoms with Crippen LogP contribution >= 0.6 is 0 Å². The van der Waals surface area contributed by atoms with Crippen LogP contribution in [0.1, 0.15) is 10.4 Å². The summed E-state index contributed by atoms with van der Waals surface area (Å²) >= 11 is 0. The largest absolute Gasteiger partial charge is 0.508 e. The number of carbonyl (C=O) groups excluding carboxylic acids is 2. The number of hydrogen-bond acceptors (Lipinski definition) is 3. The van der Waals surface area contributed by atoms with E-state index in [-0.39, 0.29) is 18.1 Å². The summed E-state index contributed by atoms with van der Waals surface area (Å²) in [4.78, 5) is 23.0. The zero-order chi connectivity index (χ0) is 10.6. The minimum absolute atomic E-state index is 0.0208. The van der Waals surface area contributed by atoms with Crippen LogP contribution in [0, 0.1) is 0 Å². The van der Waals surface area contributed by atoms with Crippen molar-refractivity contribution < 1.29 is 14.7 Å².